The smallest absolute Gasteiger partial charge is 0.338 e. The topological polar surface area (TPSA) is 52.1 Å². The molecule has 76 valence electrons. The molecule has 0 radical (unpaired) electrons. The van der Waals surface area contributed by atoms with Crippen LogP contribution in [0.4, 0.5) is 0 Å². The SMILES string of the molecule is COC(=O)c1ccnc2c(C)nccc12. The summed E-state index contributed by atoms with van der Waals surface area (Å²) in [5.41, 5.74) is 2.06. The van der Waals surface area contributed by atoms with Gasteiger partial charge in [-0.2, -0.15) is 0 Å². The Bertz CT molecular complexity index is 523. The number of aromatic nitrogens is 2. The van der Waals surface area contributed by atoms with Gasteiger partial charge in [0.25, 0.3) is 0 Å². The van der Waals surface area contributed by atoms with Gasteiger partial charge in [0, 0.05) is 17.8 Å². The highest BCUT2D eigenvalue weighted by Crippen LogP contribution is 2.18. The first kappa shape index (κ1) is 9.58. The van der Waals surface area contributed by atoms with Crippen LogP contribution in [-0.4, -0.2) is 23.0 Å². The third kappa shape index (κ3) is 1.54. The molecule has 0 atom stereocenters. The molecule has 0 unspecified atom stereocenters. The van der Waals surface area contributed by atoms with Crippen molar-refractivity contribution in [1.82, 2.24) is 9.97 Å². The van der Waals surface area contributed by atoms with Crippen LogP contribution in [0.1, 0.15) is 16.1 Å². The number of fused-ring (bicyclic) bond motifs is 1. The van der Waals surface area contributed by atoms with E-state index >= 15 is 0 Å². The normalized spacial score (nSPS) is 10.3. The zero-order valence-corrected chi connectivity index (χ0v) is 8.52. The molecule has 0 aliphatic carbocycles. The molecule has 2 heterocycles. The molecule has 2 rings (SSSR count). The largest absolute Gasteiger partial charge is 0.465 e. The van der Waals surface area contributed by atoms with Gasteiger partial charge < -0.3 is 4.74 Å². The molecule has 0 aliphatic heterocycles. The molecule has 0 saturated carbocycles. The number of rotatable bonds is 1. The molecular formula is C11H10N2O2. The molecule has 0 spiro atoms. The molecule has 0 fully saturated rings. The molecule has 0 aliphatic rings. The van der Waals surface area contributed by atoms with E-state index in [1.807, 2.05) is 6.92 Å². The van der Waals surface area contributed by atoms with Crippen LogP contribution in [0.25, 0.3) is 10.9 Å². The van der Waals surface area contributed by atoms with Gasteiger partial charge in [0.15, 0.2) is 0 Å². The zero-order chi connectivity index (χ0) is 10.8. The number of hydrogen-bond acceptors (Lipinski definition) is 4. The van der Waals surface area contributed by atoms with Gasteiger partial charge in [0.1, 0.15) is 0 Å². The van der Waals surface area contributed by atoms with E-state index < -0.39 is 0 Å². The summed E-state index contributed by atoms with van der Waals surface area (Å²) in [6, 6.07) is 3.41. The Morgan fingerprint density at radius 2 is 2.00 bits per heavy atom. The molecule has 15 heavy (non-hydrogen) atoms. The molecule has 2 aromatic rings. The van der Waals surface area contributed by atoms with E-state index in [1.165, 1.54) is 7.11 Å². The summed E-state index contributed by atoms with van der Waals surface area (Å²) >= 11 is 0. The summed E-state index contributed by atoms with van der Waals surface area (Å²) in [4.78, 5) is 19.8. The van der Waals surface area contributed by atoms with E-state index in [-0.39, 0.29) is 5.97 Å². The molecule has 4 nitrogen and oxygen atoms in total. The third-order valence-electron chi connectivity index (χ3n) is 2.25. The lowest BCUT2D eigenvalue weighted by molar-refractivity contribution is 0.0603. The van der Waals surface area contributed by atoms with Crippen molar-refractivity contribution in [2.24, 2.45) is 0 Å². The summed E-state index contributed by atoms with van der Waals surface area (Å²) in [5, 5.41) is 0.775. The number of pyridine rings is 2. The summed E-state index contributed by atoms with van der Waals surface area (Å²) < 4.78 is 4.70. The van der Waals surface area contributed by atoms with Crippen LogP contribution in [0.15, 0.2) is 24.5 Å². The van der Waals surface area contributed by atoms with E-state index in [9.17, 15) is 4.79 Å². The lowest BCUT2D eigenvalue weighted by Gasteiger charge is -2.04. The molecular weight excluding hydrogens is 192 g/mol. The maximum atomic E-state index is 11.5. The second-order valence-electron chi connectivity index (χ2n) is 3.14. The number of ether oxygens (including phenoxy) is 1. The Balaban J connectivity index is 2.77. The van der Waals surface area contributed by atoms with Crippen LogP contribution in [0.5, 0.6) is 0 Å². The lowest BCUT2D eigenvalue weighted by Crippen LogP contribution is -2.03. The van der Waals surface area contributed by atoms with Gasteiger partial charge in [-0.1, -0.05) is 0 Å². The van der Waals surface area contributed by atoms with Crippen molar-refractivity contribution in [2.45, 2.75) is 6.92 Å². The van der Waals surface area contributed by atoms with Crippen molar-refractivity contribution in [3.8, 4) is 0 Å². The summed E-state index contributed by atoms with van der Waals surface area (Å²) in [7, 11) is 1.36. The molecule has 0 aromatic carbocycles. The van der Waals surface area contributed by atoms with Crippen LogP contribution in [0.3, 0.4) is 0 Å². The number of aryl methyl sites for hydroxylation is 1. The van der Waals surface area contributed by atoms with Gasteiger partial charge in [-0.3, -0.25) is 9.97 Å². The predicted molar refractivity (Wildman–Crippen MR) is 55.6 cm³/mol. The average molecular weight is 202 g/mol. The van der Waals surface area contributed by atoms with Crippen molar-refractivity contribution >= 4 is 16.9 Å². The predicted octanol–water partition coefficient (Wildman–Crippen LogP) is 1.72. The second-order valence-corrected chi connectivity index (χ2v) is 3.14. The van der Waals surface area contributed by atoms with Gasteiger partial charge in [-0.05, 0) is 19.1 Å². The average Bonchev–Trinajstić information content (AvgIpc) is 2.28. The highest BCUT2D eigenvalue weighted by atomic mass is 16.5. The Hall–Kier alpha value is -1.97. The first-order valence-electron chi connectivity index (χ1n) is 4.52. The van der Waals surface area contributed by atoms with Crippen molar-refractivity contribution < 1.29 is 9.53 Å². The summed E-state index contributed by atoms with van der Waals surface area (Å²) in [5.74, 6) is -0.354. The first-order valence-corrected chi connectivity index (χ1v) is 4.52. The number of carbonyl (C=O) groups excluding carboxylic acids is 1. The minimum atomic E-state index is -0.354. The van der Waals surface area contributed by atoms with Gasteiger partial charge in [-0.15, -0.1) is 0 Å². The Kier molecular flexibility index (Phi) is 2.33. The van der Waals surface area contributed by atoms with E-state index in [0.717, 1.165) is 16.6 Å². The number of carbonyl (C=O) groups is 1. The number of esters is 1. The number of methoxy groups -OCH3 is 1. The van der Waals surface area contributed by atoms with Crippen molar-refractivity contribution in [3.05, 3.63) is 35.8 Å². The monoisotopic (exact) mass is 202 g/mol. The molecule has 2 aromatic heterocycles. The van der Waals surface area contributed by atoms with Crippen molar-refractivity contribution in [1.29, 1.82) is 0 Å². The zero-order valence-electron chi connectivity index (χ0n) is 8.52. The molecule has 0 N–H and O–H groups in total. The molecule has 0 bridgehead atoms. The van der Waals surface area contributed by atoms with Gasteiger partial charge in [0.05, 0.1) is 23.9 Å². The fourth-order valence-electron chi connectivity index (χ4n) is 1.50. The number of nitrogens with zero attached hydrogens (tertiary/aromatic N) is 2. The second kappa shape index (κ2) is 3.65. The van der Waals surface area contributed by atoms with Crippen LogP contribution < -0.4 is 0 Å². The molecule has 4 heteroatoms. The van der Waals surface area contributed by atoms with Crippen LogP contribution in [0, 0.1) is 6.92 Å². The van der Waals surface area contributed by atoms with Crippen molar-refractivity contribution in [3.63, 3.8) is 0 Å². The fraction of sp³-hybridized carbons (Fsp3) is 0.182. The fourth-order valence-corrected chi connectivity index (χ4v) is 1.50. The van der Waals surface area contributed by atoms with E-state index in [0.29, 0.717) is 5.56 Å². The Morgan fingerprint density at radius 3 is 2.73 bits per heavy atom. The maximum absolute atomic E-state index is 11.5. The Labute approximate surface area is 86.9 Å². The number of hydrogen-bond donors (Lipinski definition) is 0. The van der Waals surface area contributed by atoms with Crippen LogP contribution in [0.2, 0.25) is 0 Å². The van der Waals surface area contributed by atoms with Gasteiger partial charge in [0.2, 0.25) is 0 Å². The highest BCUT2D eigenvalue weighted by Gasteiger charge is 2.11. The van der Waals surface area contributed by atoms with Crippen LogP contribution in [-0.2, 0) is 4.74 Å². The molecule has 0 saturated heterocycles. The van der Waals surface area contributed by atoms with Gasteiger partial charge in [-0.25, -0.2) is 4.79 Å². The van der Waals surface area contributed by atoms with Crippen LogP contribution >= 0.6 is 0 Å². The third-order valence-corrected chi connectivity index (χ3v) is 2.25. The maximum Gasteiger partial charge on any atom is 0.338 e. The minimum absolute atomic E-state index is 0.354. The minimum Gasteiger partial charge on any atom is -0.465 e. The first-order chi connectivity index (χ1) is 7.24. The van der Waals surface area contributed by atoms with E-state index in [4.69, 9.17) is 4.74 Å². The molecule has 0 amide bonds. The Morgan fingerprint density at radius 1 is 1.27 bits per heavy atom. The summed E-state index contributed by atoms with van der Waals surface area (Å²) in [6.07, 6.45) is 3.25. The van der Waals surface area contributed by atoms with E-state index in [1.54, 1.807) is 24.5 Å². The standard InChI is InChI=1S/C11H10N2O2/c1-7-10-8(3-5-12-7)9(4-6-13-10)11(14)15-2/h3-6H,1-2H3. The van der Waals surface area contributed by atoms with Crippen molar-refractivity contribution in [2.75, 3.05) is 7.11 Å². The van der Waals surface area contributed by atoms with Gasteiger partial charge >= 0.3 is 5.97 Å². The van der Waals surface area contributed by atoms with E-state index in [2.05, 4.69) is 9.97 Å². The lowest BCUT2D eigenvalue weighted by atomic mass is 10.1. The quantitative estimate of drug-likeness (QED) is 0.661. The highest BCUT2D eigenvalue weighted by molar-refractivity contribution is 6.03. The summed E-state index contributed by atoms with van der Waals surface area (Å²) in [6.45, 7) is 1.86.